The van der Waals surface area contributed by atoms with E-state index >= 15 is 0 Å². The molecule has 0 bridgehead atoms. The number of ether oxygens (including phenoxy) is 1. The van der Waals surface area contributed by atoms with E-state index in [1.807, 2.05) is 0 Å². The lowest BCUT2D eigenvalue weighted by atomic mass is 10.2. The van der Waals surface area contributed by atoms with Gasteiger partial charge in [-0.2, -0.15) is 0 Å². The Morgan fingerprint density at radius 1 is 1.80 bits per heavy atom. The highest BCUT2D eigenvalue weighted by Crippen LogP contribution is 2.02. The van der Waals surface area contributed by atoms with Gasteiger partial charge in [-0.05, 0) is 12.8 Å². The van der Waals surface area contributed by atoms with E-state index in [1.54, 1.807) is 0 Å². The zero-order valence-electron chi connectivity index (χ0n) is 5.97. The minimum Gasteiger partial charge on any atom is -0.469 e. The molecule has 0 amide bonds. The summed E-state index contributed by atoms with van der Waals surface area (Å²) in [4.78, 5) is 10.5. The van der Waals surface area contributed by atoms with Gasteiger partial charge in [-0.3, -0.25) is 4.79 Å². The molecule has 0 aromatic rings. The average molecular weight is 166 g/mol. The van der Waals surface area contributed by atoms with Crippen molar-refractivity contribution < 1.29 is 9.53 Å². The molecule has 0 spiro atoms. The summed E-state index contributed by atoms with van der Waals surface area (Å²) in [5.74, 6) is -0.211. The van der Waals surface area contributed by atoms with Crippen molar-refractivity contribution in [3.8, 4) is 0 Å². The molecule has 0 aliphatic carbocycles. The van der Waals surface area contributed by atoms with Gasteiger partial charge in [0.25, 0.3) is 0 Å². The predicted molar refractivity (Wildman–Crippen MR) is 39.7 cm³/mol. The van der Waals surface area contributed by atoms with Crippen LogP contribution in [0.15, 0.2) is 0 Å². The first kappa shape index (κ1) is 9.72. The van der Waals surface area contributed by atoms with Crippen LogP contribution in [0.2, 0.25) is 0 Å². The third-order valence-electron chi connectivity index (χ3n) is 1.09. The monoisotopic (exact) mass is 165 g/mol. The molecular weight excluding hydrogens is 154 g/mol. The number of alkyl halides is 1. The van der Waals surface area contributed by atoms with E-state index in [9.17, 15) is 4.79 Å². The molecule has 1 unspecified atom stereocenters. The van der Waals surface area contributed by atoms with Gasteiger partial charge >= 0.3 is 5.97 Å². The SMILES string of the molecule is COC(=O)CCCC(N)Cl. The van der Waals surface area contributed by atoms with E-state index < -0.39 is 0 Å². The molecule has 0 aromatic heterocycles. The summed E-state index contributed by atoms with van der Waals surface area (Å²) in [7, 11) is 1.36. The van der Waals surface area contributed by atoms with E-state index in [2.05, 4.69) is 4.74 Å². The minimum atomic E-state index is -0.343. The molecule has 0 heterocycles. The Balaban J connectivity index is 3.12. The zero-order valence-corrected chi connectivity index (χ0v) is 6.73. The van der Waals surface area contributed by atoms with E-state index in [-0.39, 0.29) is 11.5 Å². The van der Waals surface area contributed by atoms with Gasteiger partial charge in [0.2, 0.25) is 0 Å². The number of carbonyl (C=O) groups is 1. The highest BCUT2D eigenvalue weighted by atomic mass is 35.5. The van der Waals surface area contributed by atoms with E-state index in [0.29, 0.717) is 19.3 Å². The Morgan fingerprint density at radius 3 is 2.80 bits per heavy atom. The van der Waals surface area contributed by atoms with Crippen LogP contribution in [-0.4, -0.2) is 18.6 Å². The number of hydrogen-bond acceptors (Lipinski definition) is 3. The highest BCUT2D eigenvalue weighted by molar-refractivity contribution is 6.20. The lowest BCUT2D eigenvalue weighted by Crippen LogP contribution is -2.12. The molecule has 1 atom stereocenters. The van der Waals surface area contributed by atoms with Crippen LogP contribution in [0.3, 0.4) is 0 Å². The standard InChI is InChI=1S/C6H12ClNO2/c1-10-6(9)4-2-3-5(7)8/h5H,2-4,8H2,1H3. The molecule has 60 valence electrons. The fourth-order valence-corrected chi connectivity index (χ4v) is 0.698. The molecule has 2 N–H and O–H groups in total. The van der Waals surface area contributed by atoms with Crippen LogP contribution in [0.5, 0.6) is 0 Å². The third kappa shape index (κ3) is 5.85. The number of esters is 1. The van der Waals surface area contributed by atoms with Gasteiger partial charge in [0, 0.05) is 6.42 Å². The van der Waals surface area contributed by atoms with Crippen molar-refractivity contribution in [2.45, 2.75) is 24.8 Å². The zero-order chi connectivity index (χ0) is 7.98. The fraction of sp³-hybridized carbons (Fsp3) is 0.833. The quantitative estimate of drug-likeness (QED) is 0.382. The lowest BCUT2D eigenvalue weighted by molar-refractivity contribution is -0.140. The molecule has 3 nitrogen and oxygen atoms in total. The van der Waals surface area contributed by atoms with Gasteiger partial charge in [0.15, 0.2) is 0 Å². The summed E-state index contributed by atoms with van der Waals surface area (Å²) in [6.07, 6.45) is 1.74. The van der Waals surface area contributed by atoms with Gasteiger partial charge in [-0.15, -0.1) is 11.6 Å². The summed E-state index contributed by atoms with van der Waals surface area (Å²) in [6.45, 7) is 0. The molecule has 0 fully saturated rings. The first-order valence-electron chi connectivity index (χ1n) is 3.13. The Hall–Kier alpha value is -0.280. The Bertz CT molecular complexity index is 106. The maximum absolute atomic E-state index is 10.5. The molecule has 0 radical (unpaired) electrons. The highest BCUT2D eigenvalue weighted by Gasteiger charge is 2.01. The number of methoxy groups -OCH3 is 1. The van der Waals surface area contributed by atoms with E-state index in [0.717, 1.165) is 0 Å². The molecule has 4 heteroatoms. The van der Waals surface area contributed by atoms with Crippen molar-refractivity contribution in [1.29, 1.82) is 0 Å². The summed E-state index contributed by atoms with van der Waals surface area (Å²) < 4.78 is 4.41. The number of hydrogen-bond donors (Lipinski definition) is 1. The van der Waals surface area contributed by atoms with Crippen molar-refractivity contribution in [3.05, 3.63) is 0 Å². The van der Waals surface area contributed by atoms with Crippen LogP contribution in [-0.2, 0) is 9.53 Å². The molecule has 0 aliphatic heterocycles. The summed E-state index contributed by atoms with van der Waals surface area (Å²) in [5.41, 5.74) is 4.89. The predicted octanol–water partition coefficient (Wildman–Crippen LogP) is 0.853. The maximum Gasteiger partial charge on any atom is 0.305 e. The van der Waals surface area contributed by atoms with Crippen LogP contribution >= 0.6 is 11.6 Å². The van der Waals surface area contributed by atoms with Crippen LogP contribution in [0.25, 0.3) is 0 Å². The number of halogens is 1. The molecule has 0 aliphatic rings. The van der Waals surface area contributed by atoms with Crippen molar-refractivity contribution in [2.24, 2.45) is 5.73 Å². The molecule has 0 saturated carbocycles. The van der Waals surface area contributed by atoms with E-state index in [1.165, 1.54) is 7.11 Å². The second-order valence-corrected chi connectivity index (χ2v) is 2.54. The summed E-state index contributed by atoms with van der Waals surface area (Å²) in [5, 5.41) is 0. The Labute approximate surface area is 65.5 Å². The second-order valence-electron chi connectivity index (χ2n) is 1.98. The normalized spacial score (nSPS) is 12.7. The molecule has 0 rings (SSSR count). The van der Waals surface area contributed by atoms with Crippen molar-refractivity contribution in [2.75, 3.05) is 7.11 Å². The second kappa shape index (κ2) is 5.50. The first-order valence-corrected chi connectivity index (χ1v) is 3.57. The fourth-order valence-electron chi connectivity index (χ4n) is 0.543. The average Bonchev–Trinajstić information content (AvgIpc) is 1.87. The van der Waals surface area contributed by atoms with Gasteiger partial charge in [-0.1, -0.05) is 0 Å². The van der Waals surface area contributed by atoms with Crippen LogP contribution in [0, 0.1) is 0 Å². The van der Waals surface area contributed by atoms with Gasteiger partial charge < -0.3 is 10.5 Å². The Morgan fingerprint density at radius 2 is 2.40 bits per heavy atom. The lowest BCUT2D eigenvalue weighted by Gasteiger charge is -2.00. The van der Waals surface area contributed by atoms with Crippen molar-refractivity contribution in [1.82, 2.24) is 0 Å². The van der Waals surface area contributed by atoms with Crippen molar-refractivity contribution in [3.63, 3.8) is 0 Å². The number of carbonyl (C=O) groups excluding carboxylic acids is 1. The largest absolute Gasteiger partial charge is 0.469 e. The Kier molecular flexibility index (Phi) is 5.35. The first-order chi connectivity index (χ1) is 4.66. The number of rotatable bonds is 4. The minimum absolute atomic E-state index is 0.211. The molecule has 0 aromatic carbocycles. The molecular formula is C6H12ClNO2. The molecule has 0 saturated heterocycles. The van der Waals surface area contributed by atoms with Gasteiger partial charge in [0.05, 0.1) is 12.6 Å². The van der Waals surface area contributed by atoms with Crippen LogP contribution < -0.4 is 5.73 Å². The number of nitrogens with two attached hydrogens (primary N) is 1. The topological polar surface area (TPSA) is 52.3 Å². The van der Waals surface area contributed by atoms with Crippen LogP contribution in [0.1, 0.15) is 19.3 Å². The van der Waals surface area contributed by atoms with Crippen LogP contribution in [0.4, 0.5) is 0 Å². The van der Waals surface area contributed by atoms with E-state index in [4.69, 9.17) is 17.3 Å². The van der Waals surface area contributed by atoms with Gasteiger partial charge in [-0.25, -0.2) is 0 Å². The summed E-state index contributed by atoms with van der Waals surface area (Å²) >= 11 is 5.43. The molecule has 10 heavy (non-hydrogen) atoms. The summed E-state index contributed by atoms with van der Waals surface area (Å²) in [6, 6.07) is 0. The van der Waals surface area contributed by atoms with Gasteiger partial charge in [0.1, 0.15) is 0 Å². The third-order valence-corrected chi connectivity index (χ3v) is 1.31. The van der Waals surface area contributed by atoms with Crippen molar-refractivity contribution >= 4 is 17.6 Å². The smallest absolute Gasteiger partial charge is 0.305 e. The maximum atomic E-state index is 10.5.